The molecule has 0 radical (unpaired) electrons. The largest absolute Gasteiger partial charge is 0.376 e. The molecule has 0 amide bonds. The van der Waals surface area contributed by atoms with Gasteiger partial charge in [-0.05, 0) is 32.1 Å². The Kier molecular flexibility index (Phi) is 3.94. The fourth-order valence-electron chi connectivity index (χ4n) is 1.84. The zero-order valence-corrected chi connectivity index (χ0v) is 8.75. The second-order valence-electron chi connectivity index (χ2n) is 4.26. The fraction of sp³-hybridized carbons (Fsp3) is 0.818. The Morgan fingerprint density at radius 3 is 2.85 bits per heavy atom. The molecule has 1 rings (SSSR count). The summed E-state index contributed by atoms with van der Waals surface area (Å²) in [7, 11) is 0. The standard InChI is InChI=1S/C11H21NO/c1-8(2)4-5-10(12)11-9(3)6-7-13-11/h9-11H,1,4-7,12H2,2-3H3. The molecule has 0 aliphatic carbocycles. The van der Waals surface area contributed by atoms with Crippen LogP contribution in [0.5, 0.6) is 0 Å². The van der Waals surface area contributed by atoms with E-state index in [0.717, 1.165) is 25.9 Å². The first kappa shape index (κ1) is 10.7. The van der Waals surface area contributed by atoms with Crippen molar-refractivity contribution in [2.24, 2.45) is 11.7 Å². The normalized spacial score (nSPS) is 30.4. The predicted octanol–water partition coefficient (Wildman–Crippen LogP) is 2.09. The molecule has 2 N–H and O–H groups in total. The molecule has 1 fully saturated rings. The molecule has 0 aromatic heterocycles. The van der Waals surface area contributed by atoms with Crippen LogP contribution in [0, 0.1) is 5.92 Å². The molecule has 1 heterocycles. The molecule has 0 bridgehead atoms. The average Bonchev–Trinajstić information content (AvgIpc) is 2.47. The Balaban J connectivity index is 2.29. The number of allylic oxidation sites excluding steroid dienone is 1. The van der Waals surface area contributed by atoms with Crippen LogP contribution in [-0.4, -0.2) is 18.8 Å². The van der Waals surface area contributed by atoms with Gasteiger partial charge in [-0.3, -0.25) is 0 Å². The minimum absolute atomic E-state index is 0.189. The minimum atomic E-state index is 0.189. The van der Waals surface area contributed by atoms with Crippen LogP contribution >= 0.6 is 0 Å². The summed E-state index contributed by atoms with van der Waals surface area (Å²) >= 11 is 0. The molecule has 13 heavy (non-hydrogen) atoms. The van der Waals surface area contributed by atoms with Crippen LogP contribution in [0.3, 0.4) is 0 Å². The van der Waals surface area contributed by atoms with E-state index < -0.39 is 0 Å². The summed E-state index contributed by atoms with van der Waals surface area (Å²) < 4.78 is 5.60. The molecule has 3 atom stereocenters. The predicted molar refractivity (Wildman–Crippen MR) is 55.5 cm³/mol. The van der Waals surface area contributed by atoms with Gasteiger partial charge in [-0.25, -0.2) is 0 Å². The van der Waals surface area contributed by atoms with Crippen molar-refractivity contribution in [3.63, 3.8) is 0 Å². The van der Waals surface area contributed by atoms with Crippen LogP contribution in [-0.2, 0) is 4.74 Å². The first-order valence-corrected chi connectivity index (χ1v) is 5.13. The van der Waals surface area contributed by atoms with Gasteiger partial charge in [-0.1, -0.05) is 12.5 Å². The van der Waals surface area contributed by atoms with E-state index in [1.807, 2.05) is 6.92 Å². The first-order chi connectivity index (χ1) is 6.11. The summed E-state index contributed by atoms with van der Waals surface area (Å²) in [6.07, 6.45) is 3.46. The maximum Gasteiger partial charge on any atom is 0.0752 e. The van der Waals surface area contributed by atoms with E-state index in [2.05, 4.69) is 13.5 Å². The molecule has 0 aromatic rings. The molecule has 76 valence electrons. The third-order valence-electron chi connectivity index (χ3n) is 2.77. The van der Waals surface area contributed by atoms with Crippen LogP contribution in [0.4, 0.5) is 0 Å². The molecule has 0 saturated carbocycles. The number of hydrogen-bond donors (Lipinski definition) is 1. The summed E-state index contributed by atoms with van der Waals surface area (Å²) in [5.74, 6) is 0.625. The third kappa shape index (κ3) is 3.12. The summed E-state index contributed by atoms with van der Waals surface area (Å²) in [6.45, 7) is 9.03. The van der Waals surface area contributed by atoms with Crippen LogP contribution in [0.2, 0.25) is 0 Å². The third-order valence-corrected chi connectivity index (χ3v) is 2.77. The van der Waals surface area contributed by atoms with Crippen molar-refractivity contribution in [3.05, 3.63) is 12.2 Å². The quantitative estimate of drug-likeness (QED) is 0.677. The highest BCUT2D eigenvalue weighted by atomic mass is 16.5. The second-order valence-corrected chi connectivity index (χ2v) is 4.26. The zero-order chi connectivity index (χ0) is 9.84. The van der Waals surface area contributed by atoms with Crippen LogP contribution in [0.15, 0.2) is 12.2 Å². The van der Waals surface area contributed by atoms with Gasteiger partial charge >= 0.3 is 0 Å². The Morgan fingerprint density at radius 2 is 2.38 bits per heavy atom. The molecule has 1 aliphatic rings. The summed E-state index contributed by atoms with van der Waals surface area (Å²) in [4.78, 5) is 0. The van der Waals surface area contributed by atoms with Gasteiger partial charge in [0.1, 0.15) is 0 Å². The summed E-state index contributed by atoms with van der Waals surface area (Å²) in [5.41, 5.74) is 7.26. The van der Waals surface area contributed by atoms with E-state index in [4.69, 9.17) is 10.5 Å². The highest BCUT2D eigenvalue weighted by Gasteiger charge is 2.29. The fourth-order valence-corrected chi connectivity index (χ4v) is 1.84. The molecule has 0 aromatic carbocycles. The van der Waals surface area contributed by atoms with Gasteiger partial charge in [0.15, 0.2) is 0 Å². The van der Waals surface area contributed by atoms with Gasteiger partial charge in [-0.15, -0.1) is 6.58 Å². The van der Waals surface area contributed by atoms with Crippen molar-refractivity contribution in [3.8, 4) is 0 Å². The van der Waals surface area contributed by atoms with Gasteiger partial charge in [-0.2, -0.15) is 0 Å². The SMILES string of the molecule is C=C(C)CCC(N)C1OCCC1C. The maximum absolute atomic E-state index is 6.05. The lowest BCUT2D eigenvalue weighted by molar-refractivity contribution is 0.0703. The lowest BCUT2D eigenvalue weighted by atomic mass is 9.94. The Hall–Kier alpha value is -0.340. The van der Waals surface area contributed by atoms with Gasteiger partial charge in [0.05, 0.1) is 6.10 Å². The molecule has 1 aliphatic heterocycles. The molecular formula is C11H21NO. The summed E-state index contributed by atoms with van der Waals surface area (Å²) in [5, 5.41) is 0. The molecule has 2 heteroatoms. The van der Waals surface area contributed by atoms with E-state index in [1.54, 1.807) is 0 Å². The first-order valence-electron chi connectivity index (χ1n) is 5.13. The monoisotopic (exact) mass is 183 g/mol. The molecule has 0 spiro atoms. The van der Waals surface area contributed by atoms with Crippen LogP contribution in [0.1, 0.15) is 33.1 Å². The smallest absolute Gasteiger partial charge is 0.0752 e. The van der Waals surface area contributed by atoms with Gasteiger partial charge in [0, 0.05) is 12.6 Å². The summed E-state index contributed by atoms with van der Waals surface area (Å²) in [6, 6.07) is 0.189. The minimum Gasteiger partial charge on any atom is -0.376 e. The van der Waals surface area contributed by atoms with Crippen molar-refractivity contribution in [1.29, 1.82) is 0 Å². The second kappa shape index (κ2) is 4.77. The zero-order valence-electron chi connectivity index (χ0n) is 8.75. The molecule has 2 nitrogen and oxygen atoms in total. The average molecular weight is 183 g/mol. The van der Waals surface area contributed by atoms with Gasteiger partial charge < -0.3 is 10.5 Å². The lowest BCUT2D eigenvalue weighted by Gasteiger charge is -2.22. The Morgan fingerprint density at radius 1 is 1.69 bits per heavy atom. The van der Waals surface area contributed by atoms with Crippen molar-refractivity contribution in [2.75, 3.05) is 6.61 Å². The molecule has 1 saturated heterocycles. The Labute approximate surface area is 81.1 Å². The van der Waals surface area contributed by atoms with Crippen LogP contribution in [0.25, 0.3) is 0 Å². The van der Waals surface area contributed by atoms with Gasteiger partial charge in [0.2, 0.25) is 0 Å². The van der Waals surface area contributed by atoms with Crippen molar-refractivity contribution in [1.82, 2.24) is 0 Å². The van der Waals surface area contributed by atoms with Gasteiger partial charge in [0.25, 0.3) is 0 Å². The van der Waals surface area contributed by atoms with Crippen molar-refractivity contribution < 1.29 is 4.74 Å². The van der Waals surface area contributed by atoms with Crippen LogP contribution < -0.4 is 5.73 Å². The van der Waals surface area contributed by atoms with Crippen molar-refractivity contribution in [2.45, 2.75) is 45.3 Å². The van der Waals surface area contributed by atoms with E-state index in [-0.39, 0.29) is 12.1 Å². The van der Waals surface area contributed by atoms with E-state index in [9.17, 15) is 0 Å². The van der Waals surface area contributed by atoms with E-state index in [0.29, 0.717) is 5.92 Å². The van der Waals surface area contributed by atoms with E-state index >= 15 is 0 Å². The number of ether oxygens (including phenoxy) is 1. The maximum atomic E-state index is 6.05. The molecule has 3 unspecified atom stereocenters. The topological polar surface area (TPSA) is 35.2 Å². The highest BCUT2D eigenvalue weighted by Crippen LogP contribution is 2.24. The van der Waals surface area contributed by atoms with Crippen molar-refractivity contribution >= 4 is 0 Å². The number of nitrogens with two attached hydrogens (primary N) is 1. The number of rotatable bonds is 4. The lowest BCUT2D eigenvalue weighted by Crippen LogP contribution is -2.37. The highest BCUT2D eigenvalue weighted by molar-refractivity contribution is 4.91. The Bertz CT molecular complexity index is 179. The molecular weight excluding hydrogens is 162 g/mol. The van der Waals surface area contributed by atoms with E-state index in [1.165, 1.54) is 5.57 Å². The number of hydrogen-bond acceptors (Lipinski definition) is 2.